The highest BCUT2D eigenvalue weighted by atomic mass is 35.5. The number of thiocarbonyl (C=S) groups is 1. The van der Waals surface area contributed by atoms with Crippen molar-refractivity contribution in [1.29, 1.82) is 0 Å². The fourth-order valence-electron chi connectivity index (χ4n) is 2.66. The predicted molar refractivity (Wildman–Crippen MR) is 101 cm³/mol. The van der Waals surface area contributed by atoms with Crippen molar-refractivity contribution >= 4 is 40.5 Å². The maximum Gasteiger partial charge on any atom is 0.255 e. The van der Waals surface area contributed by atoms with E-state index in [-0.39, 0.29) is 11.7 Å². The largest absolute Gasteiger partial charge is 0.351 e. The molecule has 7 heteroatoms. The SMILES string of the molecule is CC1=C(C(=O)Nc2ccc(F)cc2)[C@@H](c2cccc(Cl)c2)NC(=S)N1. The summed E-state index contributed by atoms with van der Waals surface area (Å²) < 4.78 is 13.0. The average molecular weight is 376 g/mol. The van der Waals surface area contributed by atoms with Crippen LogP contribution in [0.4, 0.5) is 10.1 Å². The van der Waals surface area contributed by atoms with Crippen molar-refractivity contribution in [1.82, 2.24) is 10.6 Å². The van der Waals surface area contributed by atoms with Crippen LogP contribution < -0.4 is 16.0 Å². The summed E-state index contributed by atoms with van der Waals surface area (Å²) in [6.07, 6.45) is 0. The molecule has 3 rings (SSSR count). The third kappa shape index (κ3) is 3.97. The van der Waals surface area contributed by atoms with Crippen molar-refractivity contribution in [2.75, 3.05) is 5.32 Å². The van der Waals surface area contributed by atoms with E-state index in [0.29, 0.717) is 27.1 Å². The van der Waals surface area contributed by atoms with E-state index in [1.165, 1.54) is 24.3 Å². The number of carbonyl (C=O) groups is 1. The molecule has 0 fully saturated rings. The van der Waals surface area contributed by atoms with E-state index in [9.17, 15) is 9.18 Å². The zero-order valence-corrected chi connectivity index (χ0v) is 14.8. The number of hydrogen-bond acceptors (Lipinski definition) is 2. The number of halogens is 2. The molecule has 3 N–H and O–H groups in total. The molecule has 0 spiro atoms. The molecule has 0 saturated heterocycles. The Hall–Kier alpha value is -2.44. The molecule has 2 aromatic rings. The zero-order valence-electron chi connectivity index (χ0n) is 13.3. The maximum absolute atomic E-state index is 13.0. The van der Waals surface area contributed by atoms with Crippen LogP contribution in [0.2, 0.25) is 5.02 Å². The van der Waals surface area contributed by atoms with Gasteiger partial charge in [0.1, 0.15) is 5.82 Å². The summed E-state index contributed by atoms with van der Waals surface area (Å²) >= 11 is 11.3. The second kappa shape index (κ2) is 7.21. The molecule has 1 aliphatic heterocycles. The molecule has 25 heavy (non-hydrogen) atoms. The Morgan fingerprint density at radius 3 is 2.64 bits per heavy atom. The van der Waals surface area contributed by atoms with E-state index < -0.39 is 6.04 Å². The van der Waals surface area contributed by atoms with Crippen LogP contribution in [0.15, 0.2) is 59.8 Å². The quantitative estimate of drug-likeness (QED) is 0.712. The molecular formula is C18H15ClFN3OS. The van der Waals surface area contributed by atoms with Gasteiger partial charge in [-0.15, -0.1) is 0 Å². The lowest BCUT2D eigenvalue weighted by Crippen LogP contribution is -2.45. The molecule has 128 valence electrons. The first kappa shape index (κ1) is 17.4. The highest BCUT2D eigenvalue weighted by Crippen LogP contribution is 2.29. The van der Waals surface area contributed by atoms with Gasteiger partial charge >= 0.3 is 0 Å². The number of carbonyl (C=O) groups excluding carboxylic acids is 1. The zero-order chi connectivity index (χ0) is 18.0. The first-order valence-electron chi connectivity index (χ1n) is 7.54. The van der Waals surface area contributed by atoms with Crippen molar-refractivity contribution in [3.05, 3.63) is 76.2 Å². The van der Waals surface area contributed by atoms with E-state index in [0.717, 1.165) is 5.56 Å². The Balaban J connectivity index is 1.94. The minimum atomic E-state index is -0.437. The molecular weight excluding hydrogens is 361 g/mol. The predicted octanol–water partition coefficient (Wildman–Crippen LogP) is 3.91. The first-order valence-corrected chi connectivity index (χ1v) is 8.33. The normalized spacial score (nSPS) is 16.9. The summed E-state index contributed by atoms with van der Waals surface area (Å²) in [7, 11) is 0. The van der Waals surface area contributed by atoms with Crippen molar-refractivity contribution in [2.45, 2.75) is 13.0 Å². The number of rotatable bonds is 3. The van der Waals surface area contributed by atoms with E-state index in [4.69, 9.17) is 23.8 Å². The van der Waals surface area contributed by atoms with E-state index >= 15 is 0 Å². The van der Waals surface area contributed by atoms with Gasteiger partial charge in [-0.2, -0.15) is 0 Å². The molecule has 4 nitrogen and oxygen atoms in total. The summed E-state index contributed by atoms with van der Waals surface area (Å²) in [4.78, 5) is 12.8. The molecule has 1 atom stereocenters. The van der Waals surface area contributed by atoms with Crippen LogP contribution in [0.3, 0.4) is 0 Å². The van der Waals surface area contributed by atoms with Gasteiger partial charge in [-0.1, -0.05) is 23.7 Å². The van der Waals surface area contributed by atoms with Crippen molar-refractivity contribution < 1.29 is 9.18 Å². The molecule has 0 unspecified atom stereocenters. The van der Waals surface area contributed by atoms with Gasteiger partial charge in [0.05, 0.1) is 11.6 Å². The molecule has 1 heterocycles. The van der Waals surface area contributed by atoms with Crippen LogP contribution in [0, 0.1) is 5.82 Å². The minimum absolute atomic E-state index is 0.309. The molecule has 0 aliphatic carbocycles. The maximum atomic E-state index is 13.0. The van der Waals surface area contributed by atoms with Crippen molar-refractivity contribution in [2.24, 2.45) is 0 Å². The highest BCUT2D eigenvalue weighted by molar-refractivity contribution is 7.80. The van der Waals surface area contributed by atoms with Crippen molar-refractivity contribution in [3.63, 3.8) is 0 Å². The van der Waals surface area contributed by atoms with Crippen LogP contribution in [-0.4, -0.2) is 11.0 Å². The molecule has 0 radical (unpaired) electrons. The Labute approximate surface area is 155 Å². The van der Waals surface area contributed by atoms with E-state index in [2.05, 4.69) is 16.0 Å². The van der Waals surface area contributed by atoms with Crippen LogP contribution in [0.1, 0.15) is 18.5 Å². The lowest BCUT2D eigenvalue weighted by atomic mass is 9.95. The van der Waals surface area contributed by atoms with Gasteiger partial charge in [0.2, 0.25) is 0 Å². The first-order chi connectivity index (χ1) is 11.9. The second-order valence-corrected chi connectivity index (χ2v) is 6.43. The minimum Gasteiger partial charge on any atom is -0.351 e. The summed E-state index contributed by atoms with van der Waals surface area (Å²) in [6, 6.07) is 12.4. The molecule has 0 bridgehead atoms. The smallest absolute Gasteiger partial charge is 0.255 e. The summed E-state index contributed by atoms with van der Waals surface area (Å²) in [6.45, 7) is 1.78. The Morgan fingerprint density at radius 2 is 1.96 bits per heavy atom. The molecule has 1 amide bonds. The molecule has 2 aromatic carbocycles. The van der Waals surface area contributed by atoms with Gasteiger partial charge in [0.15, 0.2) is 5.11 Å². The summed E-state index contributed by atoms with van der Waals surface area (Å²) in [5.74, 6) is -0.673. The number of hydrogen-bond donors (Lipinski definition) is 3. The van der Waals surface area contributed by atoms with Gasteiger partial charge < -0.3 is 16.0 Å². The topological polar surface area (TPSA) is 53.2 Å². The Kier molecular flexibility index (Phi) is 5.01. The second-order valence-electron chi connectivity index (χ2n) is 5.59. The summed E-state index contributed by atoms with van der Waals surface area (Å²) in [5.41, 5.74) is 2.46. The monoisotopic (exact) mass is 375 g/mol. The number of nitrogens with one attached hydrogen (secondary N) is 3. The Bertz CT molecular complexity index is 867. The van der Waals surface area contributed by atoms with E-state index in [1.807, 2.05) is 12.1 Å². The Morgan fingerprint density at radius 1 is 1.24 bits per heavy atom. The fraction of sp³-hybridized carbons (Fsp3) is 0.111. The standard InChI is InChI=1S/C18H15ClFN3OS/c1-10-15(17(24)22-14-7-5-13(20)6-8-14)16(23-18(25)21-10)11-3-2-4-12(19)9-11/h2-9,16H,1H3,(H,22,24)(H2,21,23,25)/t16-/m1/s1. The van der Waals surface area contributed by atoms with Crippen LogP contribution in [0.25, 0.3) is 0 Å². The number of amides is 1. The highest BCUT2D eigenvalue weighted by Gasteiger charge is 2.30. The molecule has 0 saturated carbocycles. The number of benzene rings is 2. The van der Waals surface area contributed by atoms with Crippen LogP contribution in [0.5, 0.6) is 0 Å². The average Bonchev–Trinajstić information content (AvgIpc) is 2.56. The number of anilines is 1. The van der Waals surface area contributed by atoms with Crippen molar-refractivity contribution in [3.8, 4) is 0 Å². The summed E-state index contributed by atoms with van der Waals surface area (Å²) in [5, 5.41) is 9.84. The van der Waals surface area contributed by atoms with E-state index in [1.54, 1.807) is 19.1 Å². The third-order valence-corrected chi connectivity index (χ3v) is 4.25. The molecule has 1 aliphatic rings. The fourth-order valence-corrected chi connectivity index (χ4v) is 3.13. The lowest BCUT2D eigenvalue weighted by Gasteiger charge is -2.30. The van der Waals surface area contributed by atoms with Crippen LogP contribution >= 0.6 is 23.8 Å². The van der Waals surface area contributed by atoms with Gasteiger partial charge in [-0.05, 0) is 61.1 Å². The number of allylic oxidation sites excluding steroid dienone is 1. The van der Waals surface area contributed by atoms with Gasteiger partial charge in [-0.25, -0.2) is 4.39 Å². The van der Waals surface area contributed by atoms with Gasteiger partial charge in [0, 0.05) is 16.4 Å². The third-order valence-electron chi connectivity index (χ3n) is 3.80. The van der Waals surface area contributed by atoms with Crippen LogP contribution in [-0.2, 0) is 4.79 Å². The van der Waals surface area contributed by atoms with Gasteiger partial charge in [-0.3, -0.25) is 4.79 Å². The van der Waals surface area contributed by atoms with Gasteiger partial charge in [0.25, 0.3) is 5.91 Å². The molecule has 0 aromatic heterocycles. The lowest BCUT2D eigenvalue weighted by molar-refractivity contribution is -0.113.